The van der Waals surface area contributed by atoms with Gasteiger partial charge in [0, 0.05) is 4.47 Å². The first-order valence-electron chi connectivity index (χ1n) is 4.11. The Morgan fingerprint density at radius 2 is 2.00 bits per heavy atom. The van der Waals surface area contributed by atoms with Gasteiger partial charge in [0.1, 0.15) is 5.82 Å². The number of hydrogen-bond acceptors (Lipinski definition) is 1. The van der Waals surface area contributed by atoms with E-state index >= 15 is 0 Å². The fraction of sp³-hybridized carbons (Fsp3) is 0.333. The van der Waals surface area contributed by atoms with Crippen molar-refractivity contribution in [2.24, 2.45) is 0 Å². The quantitative estimate of drug-likeness (QED) is 0.877. The lowest BCUT2D eigenvalue weighted by atomic mass is 10.2. The van der Waals surface area contributed by atoms with Gasteiger partial charge in [-0.3, -0.25) is 0 Å². The summed E-state index contributed by atoms with van der Waals surface area (Å²) in [5.74, 6) is -0.526. The molecule has 0 heterocycles. The SMILES string of the molecule is CC(Nc1c(Cl)cc(F)cc1Br)C(F)F. The van der Waals surface area contributed by atoms with Crippen molar-refractivity contribution < 1.29 is 13.2 Å². The Bertz CT molecular complexity index is 336. The Morgan fingerprint density at radius 3 is 2.47 bits per heavy atom. The third-order valence-electron chi connectivity index (χ3n) is 1.76. The summed E-state index contributed by atoms with van der Waals surface area (Å²) in [5, 5.41) is 2.57. The molecule has 0 aliphatic rings. The van der Waals surface area contributed by atoms with Crippen molar-refractivity contribution in [1.29, 1.82) is 0 Å². The van der Waals surface area contributed by atoms with Crippen LogP contribution in [-0.4, -0.2) is 12.5 Å². The first kappa shape index (κ1) is 12.6. The van der Waals surface area contributed by atoms with E-state index in [1.54, 1.807) is 0 Å². The van der Waals surface area contributed by atoms with Gasteiger partial charge in [-0.05, 0) is 35.0 Å². The van der Waals surface area contributed by atoms with E-state index in [4.69, 9.17) is 11.6 Å². The highest BCUT2D eigenvalue weighted by Gasteiger charge is 2.17. The molecule has 1 aromatic rings. The maximum Gasteiger partial charge on any atom is 0.258 e. The summed E-state index contributed by atoms with van der Waals surface area (Å²) in [5.41, 5.74) is 0.269. The number of alkyl halides is 2. The molecule has 1 aromatic carbocycles. The zero-order valence-corrected chi connectivity index (χ0v) is 10.0. The van der Waals surface area contributed by atoms with Crippen LogP contribution in [0.25, 0.3) is 0 Å². The maximum atomic E-state index is 12.8. The highest BCUT2D eigenvalue weighted by Crippen LogP contribution is 2.32. The van der Waals surface area contributed by atoms with E-state index in [9.17, 15) is 13.2 Å². The van der Waals surface area contributed by atoms with E-state index in [0.717, 1.165) is 12.1 Å². The molecule has 0 bridgehead atoms. The number of rotatable bonds is 3. The second kappa shape index (κ2) is 5.07. The van der Waals surface area contributed by atoms with Gasteiger partial charge in [0.05, 0.1) is 16.8 Å². The van der Waals surface area contributed by atoms with Crippen LogP contribution in [-0.2, 0) is 0 Å². The normalized spacial score (nSPS) is 13.0. The minimum Gasteiger partial charge on any atom is -0.375 e. The molecule has 84 valence electrons. The van der Waals surface area contributed by atoms with E-state index in [1.165, 1.54) is 6.92 Å². The van der Waals surface area contributed by atoms with Gasteiger partial charge in [-0.2, -0.15) is 0 Å². The summed E-state index contributed by atoms with van der Waals surface area (Å²) >= 11 is 8.75. The Labute approximate surface area is 98.7 Å². The number of hydrogen-bond donors (Lipinski definition) is 1. The molecule has 0 fully saturated rings. The van der Waals surface area contributed by atoms with Gasteiger partial charge < -0.3 is 5.32 Å². The lowest BCUT2D eigenvalue weighted by molar-refractivity contribution is 0.130. The summed E-state index contributed by atoms with van der Waals surface area (Å²) in [6.45, 7) is 1.32. The van der Waals surface area contributed by atoms with Crippen LogP contribution < -0.4 is 5.32 Å². The molecule has 0 spiro atoms. The Morgan fingerprint density at radius 1 is 1.40 bits per heavy atom. The molecular weight excluding hydrogens is 294 g/mol. The van der Waals surface area contributed by atoms with Crippen molar-refractivity contribution in [3.05, 3.63) is 27.4 Å². The predicted octanol–water partition coefficient (Wildman–Crippen LogP) is 4.31. The summed E-state index contributed by atoms with van der Waals surface area (Å²) in [6, 6.07) is 1.17. The maximum absolute atomic E-state index is 12.8. The standard InChI is InChI=1S/C9H8BrClF3N/c1-4(9(13)14)15-8-6(10)2-5(12)3-7(8)11/h2-4,9,15H,1H3. The number of nitrogens with one attached hydrogen (secondary N) is 1. The minimum absolute atomic E-state index is 0.0642. The van der Waals surface area contributed by atoms with Crippen LogP contribution in [0.4, 0.5) is 18.9 Å². The summed E-state index contributed by atoms with van der Waals surface area (Å²) < 4.78 is 37.7. The fourth-order valence-electron chi connectivity index (χ4n) is 0.971. The third-order valence-corrected chi connectivity index (χ3v) is 2.68. The van der Waals surface area contributed by atoms with Gasteiger partial charge in [0.2, 0.25) is 0 Å². The first-order valence-corrected chi connectivity index (χ1v) is 5.28. The smallest absolute Gasteiger partial charge is 0.258 e. The van der Waals surface area contributed by atoms with Crippen LogP contribution in [0, 0.1) is 5.82 Å². The molecule has 15 heavy (non-hydrogen) atoms. The summed E-state index contributed by atoms with van der Waals surface area (Å²) in [7, 11) is 0. The molecule has 6 heteroatoms. The van der Waals surface area contributed by atoms with Crippen molar-refractivity contribution in [3.8, 4) is 0 Å². The zero-order valence-electron chi connectivity index (χ0n) is 7.70. The molecule has 1 unspecified atom stereocenters. The van der Waals surface area contributed by atoms with Gasteiger partial charge in [0.25, 0.3) is 6.43 Å². The largest absolute Gasteiger partial charge is 0.375 e. The van der Waals surface area contributed by atoms with E-state index < -0.39 is 18.3 Å². The molecule has 0 aliphatic carbocycles. The molecule has 1 nitrogen and oxygen atoms in total. The van der Waals surface area contributed by atoms with Crippen molar-refractivity contribution in [2.45, 2.75) is 19.4 Å². The molecular formula is C9H8BrClF3N. The Hall–Kier alpha value is -0.420. The topological polar surface area (TPSA) is 12.0 Å². The van der Waals surface area contributed by atoms with Crippen LogP contribution in [0.2, 0.25) is 5.02 Å². The third kappa shape index (κ3) is 3.28. The zero-order chi connectivity index (χ0) is 11.6. The summed E-state index contributed by atoms with van der Waals surface area (Å²) in [4.78, 5) is 0. The van der Waals surface area contributed by atoms with Gasteiger partial charge in [-0.1, -0.05) is 11.6 Å². The molecule has 0 aliphatic heterocycles. The first-order chi connectivity index (χ1) is 6.91. The molecule has 1 N–H and O–H groups in total. The average Bonchev–Trinajstić information content (AvgIpc) is 2.10. The minimum atomic E-state index is -2.52. The Kier molecular flexibility index (Phi) is 4.28. The van der Waals surface area contributed by atoms with Crippen LogP contribution >= 0.6 is 27.5 Å². The van der Waals surface area contributed by atoms with Crippen molar-refractivity contribution >= 4 is 33.2 Å². The molecule has 0 saturated carbocycles. The number of anilines is 1. The second-order valence-electron chi connectivity index (χ2n) is 3.01. The monoisotopic (exact) mass is 301 g/mol. The Balaban J connectivity index is 2.95. The molecule has 0 radical (unpaired) electrons. The lowest BCUT2D eigenvalue weighted by Gasteiger charge is -2.16. The van der Waals surface area contributed by atoms with Gasteiger partial charge in [0.15, 0.2) is 0 Å². The highest BCUT2D eigenvalue weighted by molar-refractivity contribution is 9.10. The molecule has 1 rings (SSSR count). The number of halogens is 5. The van der Waals surface area contributed by atoms with E-state index in [1.807, 2.05) is 0 Å². The van der Waals surface area contributed by atoms with Crippen molar-refractivity contribution in [2.75, 3.05) is 5.32 Å². The van der Waals surface area contributed by atoms with E-state index in [-0.39, 0.29) is 10.7 Å². The summed E-state index contributed by atoms with van der Waals surface area (Å²) in [6.07, 6.45) is -2.52. The fourth-order valence-corrected chi connectivity index (χ4v) is 1.89. The van der Waals surface area contributed by atoms with Gasteiger partial charge >= 0.3 is 0 Å². The van der Waals surface area contributed by atoms with Crippen LogP contribution in [0.3, 0.4) is 0 Å². The second-order valence-corrected chi connectivity index (χ2v) is 4.27. The van der Waals surface area contributed by atoms with Gasteiger partial charge in [-0.25, -0.2) is 13.2 Å². The lowest BCUT2D eigenvalue weighted by Crippen LogP contribution is -2.24. The van der Waals surface area contributed by atoms with Crippen molar-refractivity contribution in [1.82, 2.24) is 0 Å². The number of benzene rings is 1. The van der Waals surface area contributed by atoms with E-state index in [2.05, 4.69) is 21.2 Å². The predicted molar refractivity (Wildman–Crippen MR) is 58.2 cm³/mol. The van der Waals surface area contributed by atoms with Crippen LogP contribution in [0.15, 0.2) is 16.6 Å². The molecule has 1 atom stereocenters. The van der Waals surface area contributed by atoms with Crippen LogP contribution in [0.1, 0.15) is 6.92 Å². The van der Waals surface area contributed by atoms with Gasteiger partial charge in [-0.15, -0.1) is 0 Å². The van der Waals surface area contributed by atoms with Crippen LogP contribution in [0.5, 0.6) is 0 Å². The van der Waals surface area contributed by atoms with Crippen molar-refractivity contribution in [3.63, 3.8) is 0 Å². The average molecular weight is 303 g/mol. The highest BCUT2D eigenvalue weighted by atomic mass is 79.9. The molecule has 0 saturated heterocycles. The molecule has 0 aromatic heterocycles. The molecule has 0 amide bonds. The van der Waals surface area contributed by atoms with E-state index in [0.29, 0.717) is 4.47 Å².